The highest BCUT2D eigenvalue weighted by atomic mass is 32.2. The number of aliphatic hydroxyl groups excluding tert-OH is 1. The van der Waals surface area contributed by atoms with Crippen molar-refractivity contribution in [3.05, 3.63) is 41.0 Å². The molecule has 0 spiro atoms. The fourth-order valence-corrected chi connectivity index (χ4v) is 5.10. The molecule has 0 saturated carbocycles. The van der Waals surface area contributed by atoms with Crippen molar-refractivity contribution >= 4 is 41.3 Å². The molecule has 0 aliphatic carbocycles. The van der Waals surface area contributed by atoms with Crippen LogP contribution in [-0.2, 0) is 20.9 Å². The molecule has 11 heteroatoms. The lowest BCUT2D eigenvalue weighted by Gasteiger charge is -2.37. The van der Waals surface area contributed by atoms with Crippen LogP contribution in [0.3, 0.4) is 0 Å². The second-order valence-electron chi connectivity index (χ2n) is 10.2. The molecule has 218 valence electrons. The van der Waals surface area contributed by atoms with Crippen LogP contribution >= 0.6 is 23.1 Å². The molecule has 3 rings (SSSR count). The Labute approximate surface area is 240 Å². The summed E-state index contributed by atoms with van der Waals surface area (Å²) in [6.45, 7) is 11.5. The smallest absolute Gasteiger partial charge is 0.257 e. The third kappa shape index (κ3) is 10.2. The van der Waals surface area contributed by atoms with E-state index in [1.54, 1.807) is 16.2 Å². The first-order valence-corrected chi connectivity index (χ1v) is 14.9. The van der Waals surface area contributed by atoms with Crippen molar-refractivity contribution in [1.82, 2.24) is 20.5 Å². The van der Waals surface area contributed by atoms with E-state index in [1.165, 1.54) is 36.0 Å². The Bertz CT molecular complexity index is 1050. The van der Waals surface area contributed by atoms with E-state index in [0.29, 0.717) is 19.5 Å². The fourth-order valence-electron chi connectivity index (χ4n) is 3.89. The monoisotopic (exact) mass is 582 g/mol. The van der Waals surface area contributed by atoms with Gasteiger partial charge in [-0.1, -0.05) is 24.3 Å². The molecule has 1 aromatic carbocycles. The van der Waals surface area contributed by atoms with Crippen LogP contribution in [0.4, 0.5) is 4.39 Å². The van der Waals surface area contributed by atoms with E-state index in [2.05, 4.69) is 27.8 Å². The lowest BCUT2D eigenvalue weighted by atomic mass is 9.99. The van der Waals surface area contributed by atoms with Crippen molar-refractivity contribution in [1.29, 1.82) is 0 Å². The summed E-state index contributed by atoms with van der Waals surface area (Å²) in [5, 5.41) is 12.3. The normalized spacial score (nSPS) is 15.7. The number of hydrogen-bond donors (Lipinski definition) is 3. The van der Waals surface area contributed by atoms with E-state index < -0.39 is 22.4 Å². The average Bonchev–Trinajstić information content (AvgIpc) is 3.54. The number of likely N-dealkylation sites (tertiary alicyclic amines) is 1. The summed E-state index contributed by atoms with van der Waals surface area (Å²) in [7, 11) is 1.00. The maximum atomic E-state index is 13.8. The molecule has 1 saturated heterocycles. The Morgan fingerprint density at radius 2 is 1.87 bits per heavy atom. The van der Waals surface area contributed by atoms with Gasteiger partial charge >= 0.3 is 0 Å². The van der Waals surface area contributed by atoms with E-state index in [0.717, 1.165) is 31.2 Å². The Balaban J connectivity index is 0.000000377. The molecular weight excluding hydrogens is 539 g/mol. The average molecular weight is 583 g/mol. The largest absolute Gasteiger partial charge is 0.400 e. The number of thiazole rings is 1. The standard InChI is InChI=1S/C15H27FN2O2S.C12H12N2OS.CH4O/c1-10-8-7-9-18(10)12(19)11(15(4,5)21-6)17-13(20)14(2,3)16;1-9-12(16-8-14-9)11-4-2-10(3-5-11)6-13-7-15;1-2/h10-11H,7-9H2,1-6H3,(H,17,20);2-5,7-8H,6H2,1H3,(H,13,15);2H,1H3/t10-,11?;;/m1../s1. The number of nitrogens with zero attached hydrogens (tertiary/aromatic N) is 2. The number of aryl methyl sites for hydroxylation is 1. The van der Waals surface area contributed by atoms with Crippen LogP contribution in [0, 0.1) is 6.92 Å². The number of carbonyl (C=O) groups is 3. The summed E-state index contributed by atoms with van der Waals surface area (Å²) < 4.78 is 13.3. The second-order valence-corrected chi connectivity index (χ2v) is 12.5. The van der Waals surface area contributed by atoms with E-state index in [1.807, 2.05) is 51.6 Å². The lowest BCUT2D eigenvalue weighted by Crippen LogP contribution is -2.60. The van der Waals surface area contributed by atoms with Crippen LogP contribution in [0.2, 0.25) is 0 Å². The van der Waals surface area contributed by atoms with Gasteiger partial charge in [0, 0.05) is 31.0 Å². The summed E-state index contributed by atoms with van der Waals surface area (Å²) in [6, 6.07) is 7.60. The number of rotatable bonds is 9. The molecule has 0 radical (unpaired) electrons. The number of thioether (sulfide) groups is 1. The Morgan fingerprint density at radius 1 is 1.26 bits per heavy atom. The highest BCUT2D eigenvalue weighted by Crippen LogP contribution is 2.30. The maximum Gasteiger partial charge on any atom is 0.257 e. The zero-order chi connectivity index (χ0) is 29.8. The molecule has 8 nitrogen and oxygen atoms in total. The number of nitrogens with one attached hydrogen (secondary N) is 2. The van der Waals surface area contributed by atoms with Crippen LogP contribution in [0.25, 0.3) is 10.4 Å². The van der Waals surface area contributed by atoms with Crippen LogP contribution < -0.4 is 10.6 Å². The predicted octanol–water partition coefficient (Wildman–Crippen LogP) is 4.34. The van der Waals surface area contributed by atoms with E-state index in [9.17, 15) is 18.8 Å². The molecule has 2 atom stereocenters. The van der Waals surface area contributed by atoms with Gasteiger partial charge in [0.2, 0.25) is 12.3 Å². The first-order valence-electron chi connectivity index (χ1n) is 12.8. The molecule has 1 unspecified atom stereocenters. The molecular formula is C28H43FN4O4S2. The molecule has 3 N–H and O–H groups in total. The fraction of sp³-hybridized carbons (Fsp3) is 0.571. The van der Waals surface area contributed by atoms with Crippen LogP contribution in [0.15, 0.2) is 29.8 Å². The first kappa shape index (κ1) is 34.5. The molecule has 39 heavy (non-hydrogen) atoms. The Hall–Kier alpha value is -2.50. The number of alkyl halides is 1. The van der Waals surface area contributed by atoms with Gasteiger partial charge in [-0.25, -0.2) is 9.37 Å². The molecule has 1 aliphatic heterocycles. The number of carbonyl (C=O) groups excluding carboxylic acids is 3. The summed E-state index contributed by atoms with van der Waals surface area (Å²) in [5.41, 5.74) is 3.19. The van der Waals surface area contributed by atoms with E-state index >= 15 is 0 Å². The summed E-state index contributed by atoms with van der Waals surface area (Å²) in [6.07, 6.45) is 4.55. The van der Waals surface area contributed by atoms with Crippen molar-refractivity contribution in [2.45, 2.75) is 83.4 Å². The SMILES string of the molecule is CO.CSC(C)(C)C(NC(=O)C(C)(C)F)C(=O)N1CCC[C@H]1C.Cc1ncsc1-c1ccc(CNC=O)cc1. The number of hydrogen-bond acceptors (Lipinski definition) is 7. The first-order chi connectivity index (χ1) is 18.3. The number of halogens is 1. The van der Waals surface area contributed by atoms with Crippen LogP contribution in [-0.4, -0.2) is 75.6 Å². The minimum atomic E-state index is -2.00. The van der Waals surface area contributed by atoms with Gasteiger partial charge < -0.3 is 20.6 Å². The molecule has 1 fully saturated rings. The van der Waals surface area contributed by atoms with Gasteiger partial charge in [-0.05, 0) is 71.8 Å². The van der Waals surface area contributed by atoms with Crippen molar-refractivity contribution in [2.24, 2.45) is 0 Å². The van der Waals surface area contributed by atoms with Gasteiger partial charge in [-0.3, -0.25) is 14.4 Å². The molecule has 2 aromatic rings. The van der Waals surface area contributed by atoms with E-state index in [-0.39, 0.29) is 11.9 Å². The highest BCUT2D eigenvalue weighted by molar-refractivity contribution is 8.00. The number of aromatic nitrogens is 1. The second kappa shape index (κ2) is 15.9. The topological polar surface area (TPSA) is 112 Å². The third-order valence-corrected chi connectivity index (χ3v) is 8.74. The summed E-state index contributed by atoms with van der Waals surface area (Å²) in [4.78, 5) is 42.2. The minimum absolute atomic E-state index is 0.114. The highest BCUT2D eigenvalue weighted by Gasteiger charge is 2.42. The zero-order valence-corrected chi connectivity index (χ0v) is 25.8. The minimum Gasteiger partial charge on any atom is -0.400 e. The Morgan fingerprint density at radius 3 is 2.31 bits per heavy atom. The van der Waals surface area contributed by atoms with E-state index in [4.69, 9.17) is 5.11 Å². The zero-order valence-electron chi connectivity index (χ0n) is 24.2. The summed E-state index contributed by atoms with van der Waals surface area (Å²) in [5.74, 6) is -0.855. The number of amides is 3. The third-order valence-electron chi connectivity index (χ3n) is 6.47. The van der Waals surface area contributed by atoms with Gasteiger partial charge in [0.25, 0.3) is 5.91 Å². The van der Waals surface area contributed by atoms with Gasteiger partial charge in [-0.15, -0.1) is 11.3 Å². The molecule has 0 bridgehead atoms. The van der Waals surface area contributed by atoms with Gasteiger partial charge in [0.15, 0.2) is 5.67 Å². The van der Waals surface area contributed by atoms with Gasteiger partial charge in [0.1, 0.15) is 6.04 Å². The molecule has 3 amide bonds. The van der Waals surface area contributed by atoms with Crippen molar-refractivity contribution < 1.29 is 23.9 Å². The van der Waals surface area contributed by atoms with Crippen molar-refractivity contribution in [3.63, 3.8) is 0 Å². The quantitative estimate of drug-likeness (QED) is 0.379. The molecule has 1 aromatic heterocycles. The van der Waals surface area contributed by atoms with Gasteiger partial charge in [-0.2, -0.15) is 11.8 Å². The lowest BCUT2D eigenvalue weighted by molar-refractivity contribution is -0.140. The van der Waals surface area contributed by atoms with Gasteiger partial charge in [0.05, 0.1) is 16.1 Å². The predicted molar refractivity (Wildman–Crippen MR) is 158 cm³/mol. The molecule has 1 aliphatic rings. The van der Waals surface area contributed by atoms with Crippen molar-refractivity contribution in [3.8, 4) is 10.4 Å². The van der Waals surface area contributed by atoms with Crippen LogP contribution in [0.5, 0.6) is 0 Å². The summed E-state index contributed by atoms with van der Waals surface area (Å²) >= 11 is 3.13. The molecule has 2 heterocycles. The Kier molecular flexibility index (Phi) is 14.1. The number of benzene rings is 1. The number of aliphatic hydroxyl groups is 1. The van der Waals surface area contributed by atoms with Crippen LogP contribution in [0.1, 0.15) is 58.7 Å². The maximum absolute atomic E-state index is 13.8. The van der Waals surface area contributed by atoms with Crippen molar-refractivity contribution in [2.75, 3.05) is 19.9 Å².